The first-order valence-electron chi connectivity index (χ1n) is 7.24. The van der Waals surface area contributed by atoms with E-state index in [9.17, 15) is 4.79 Å². The molecule has 2 aliphatic heterocycles. The smallest absolute Gasteiger partial charge is 0.271 e. The highest BCUT2D eigenvalue weighted by Crippen LogP contribution is 2.46. The van der Waals surface area contributed by atoms with E-state index in [-0.39, 0.29) is 16.8 Å². The summed E-state index contributed by atoms with van der Waals surface area (Å²) in [4.78, 5) is 18.3. The molecule has 22 heavy (non-hydrogen) atoms. The molecule has 0 bridgehead atoms. The van der Waals surface area contributed by atoms with Crippen LogP contribution in [0.25, 0.3) is 0 Å². The quantitative estimate of drug-likeness (QED) is 0.931. The topological polar surface area (TPSA) is 71.1 Å². The van der Waals surface area contributed by atoms with Crippen LogP contribution in [0, 0.1) is 0 Å². The number of carbonyl (C=O) groups is 1. The van der Waals surface area contributed by atoms with E-state index >= 15 is 0 Å². The number of aromatic nitrogens is 3. The second-order valence-electron chi connectivity index (χ2n) is 5.74. The van der Waals surface area contributed by atoms with Crippen LogP contribution in [0.3, 0.4) is 0 Å². The number of hydrogen-bond acceptors (Lipinski definition) is 5. The van der Waals surface area contributed by atoms with Gasteiger partial charge in [-0.3, -0.25) is 9.89 Å². The van der Waals surface area contributed by atoms with Gasteiger partial charge in [0.1, 0.15) is 11.8 Å². The number of thioether (sulfide) groups is 1. The SMILES string of the molecule is O=C(c1ccn[nH]1)N1CC2(C[C@@H](Oc3ccccn3)CS2)C1. The maximum Gasteiger partial charge on any atom is 0.271 e. The van der Waals surface area contributed by atoms with Gasteiger partial charge in [0.25, 0.3) is 5.91 Å². The second-order valence-corrected chi connectivity index (χ2v) is 7.23. The zero-order valence-corrected chi connectivity index (χ0v) is 12.8. The molecule has 1 amide bonds. The lowest BCUT2D eigenvalue weighted by atomic mass is 9.92. The largest absolute Gasteiger partial charge is 0.473 e. The van der Waals surface area contributed by atoms with Gasteiger partial charge in [-0.25, -0.2) is 4.98 Å². The molecule has 1 spiro atoms. The number of H-pyrrole nitrogens is 1. The van der Waals surface area contributed by atoms with Crippen molar-refractivity contribution in [2.24, 2.45) is 0 Å². The lowest BCUT2D eigenvalue weighted by Gasteiger charge is -2.47. The van der Waals surface area contributed by atoms with Crippen LogP contribution in [-0.2, 0) is 0 Å². The average molecular weight is 316 g/mol. The van der Waals surface area contributed by atoms with Gasteiger partial charge in [-0.15, -0.1) is 11.8 Å². The third-order valence-corrected chi connectivity index (χ3v) is 5.65. The molecule has 4 rings (SSSR count). The van der Waals surface area contributed by atoms with E-state index in [4.69, 9.17) is 4.74 Å². The monoisotopic (exact) mass is 316 g/mol. The normalized spacial score (nSPS) is 22.5. The summed E-state index contributed by atoms with van der Waals surface area (Å²) in [5, 5.41) is 6.55. The van der Waals surface area contributed by atoms with Crippen molar-refractivity contribution in [1.29, 1.82) is 0 Å². The molecule has 6 nitrogen and oxygen atoms in total. The summed E-state index contributed by atoms with van der Waals surface area (Å²) in [6, 6.07) is 7.39. The standard InChI is InChI=1S/C15H16N4O2S/c20-14(12-4-6-17-18-12)19-9-15(10-19)7-11(8-22-15)21-13-3-1-2-5-16-13/h1-6,11H,7-10H2,(H,17,18)/t11-/m1/s1. The molecular formula is C15H16N4O2S. The van der Waals surface area contributed by atoms with Gasteiger partial charge in [-0.2, -0.15) is 5.10 Å². The lowest BCUT2D eigenvalue weighted by Crippen LogP contribution is -2.60. The first-order chi connectivity index (χ1) is 10.7. The van der Waals surface area contributed by atoms with Crippen LogP contribution in [0.2, 0.25) is 0 Å². The van der Waals surface area contributed by atoms with Crippen LogP contribution in [0.4, 0.5) is 0 Å². The molecule has 2 saturated heterocycles. The van der Waals surface area contributed by atoms with Crippen molar-refractivity contribution in [1.82, 2.24) is 20.1 Å². The van der Waals surface area contributed by atoms with Gasteiger partial charge in [-0.1, -0.05) is 6.07 Å². The maximum absolute atomic E-state index is 12.2. The minimum Gasteiger partial charge on any atom is -0.473 e. The predicted molar refractivity (Wildman–Crippen MR) is 83.0 cm³/mol. The van der Waals surface area contributed by atoms with Gasteiger partial charge in [-0.05, 0) is 12.1 Å². The summed E-state index contributed by atoms with van der Waals surface area (Å²) >= 11 is 1.90. The molecule has 1 atom stereocenters. The number of likely N-dealkylation sites (tertiary alicyclic amines) is 1. The maximum atomic E-state index is 12.2. The van der Waals surface area contributed by atoms with Crippen LogP contribution < -0.4 is 4.74 Å². The zero-order valence-electron chi connectivity index (χ0n) is 11.9. The molecular weight excluding hydrogens is 300 g/mol. The highest BCUT2D eigenvalue weighted by atomic mass is 32.2. The van der Waals surface area contributed by atoms with Gasteiger partial charge in [0, 0.05) is 43.7 Å². The van der Waals surface area contributed by atoms with Crippen LogP contribution in [0.1, 0.15) is 16.9 Å². The number of aromatic amines is 1. The molecule has 0 aliphatic carbocycles. The minimum absolute atomic E-state index is 0.0258. The van der Waals surface area contributed by atoms with Crippen molar-refractivity contribution < 1.29 is 9.53 Å². The van der Waals surface area contributed by atoms with Crippen LogP contribution in [-0.4, -0.2) is 55.7 Å². The molecule has 0 saturated carbocycles. The van der Waals surface area contributed by atoms with Gasteiger partial charge in [0.05, 0.1) is 4.75 Å². The molecule has 7 heteroatoms. The zero-order chi connectivity index (χ0) is 15.0. The fourth-order valence-corrected chi connectivity index (χ4v) is 4.55. The molecule has 2 aromatic heterocycles. The van der Waals surface area contributed by atoms with Crippen molar-refractivity contribution in [3.8, 4) is 5.88 Å². The number of carbonyl (C=O) groups excluding carboxylic acids is 1. The van der Waals surface area contributed by atoms with Crippen molar-refractivity contribution in [3.63, 3.8) is 0 Å². The first-order valence-corrected chi connectivity index (χ1v) is 8.23. The van der Waals surface area contributed by atoms with Crippen molar-refractivity contribution in [3.05, 3.63) is 42.4 Å². The predicted octanol–water partition coefficient (Wildman–Crippen LogP) is 1.58. The molecule has 2 aliphatic rings. The Morgan fingerprint density at radius 3 is 3.00 bits per heavy atom. The van der Waals surface area contributed by atoms with Gasteiger partial charge < -0.3 is 9.64 Å². The van der Waals surface area contributed by atoms with Crippen LogP contribution >= 0.6 is 11.8 Å². The lowest BCUT2D eigenvalue weighted by molar-refractivity contribution is 0.0510. The Labute approximate surface area is 132 Å². The van der Waals surface area contributed by atoms with E-state index in [1.54, 1.807) is 18.5 Å². The summed E-state index contributed by atoms with van der Waals surface area (Å²) in [6.45, 7) is 1.55. The van der Waals surface area contributed by atoms with Gasteiger partial charge in [0.2, 0.25) is 5.88 Å². The molecule has 114 valence electrons. The first kappa shape index (κ1) is 13.6. The average Bonchev–Trinajstić information content (AvgIpc) is 3.16. The Morgan fingerprint density at radius 2 is 2.27 bits per heavy atom. The number of nitrogens with zero attached hydrogens (tertiary/aromatic N) is 3. The summed E-state index contributed by atoms with van der Waals surface area (Å²) < 4.78 is 6.07. The number of rotatable bonds is 3. The Hall–Kier alpha value is -2.02. The Morgan fingerprint density at radius 1 is 1.36 bits per heavy atom. The van der Waals surface area contributed by atoms with Gasteiger partial charge in [0.15, 0.2) is 0 Å². The second kappa shape index (κ2) is 5.31. The Balaban J connectivity index is 1.33. The molecule has 2 fully saturated rings. The Kier molecular flexibility index (Phi) is 3.29. The van der Waals surface area contributed by atoms with Crippen molar-refractivity contribution >= 4 is 17.7 Å². The number of ether oxygens (including phenoxy) is 1. The molecule has 2 aromatic rings. The third kappa shape index (κ3) is 2.45. The number of hydrogen-bond donors (Lipinski definition) is 1. The van der Waals surface area contributed by atoms with E-state index in [1.165, 1.54) is 0 Å². The minimum atomic E-state index is 0.0258. The number of nitrogens with one attached hydrogen (secondary N) is 1. The van der Waals surface area contributed by atoms with Gasteiger partial charge >= 0.3 is 0 Å². The highest BCUT2D eigenvalue weighted by molar-refractivity contribution is 8.01. The highest BCUT2D eigenvalue weighted by Gasteiger charge is 2.51. The molecule has 4 heterocycles. The molecule has 0 aromatic carbocycles. The number of amides is 1. The molecule has 0 unspecified atom stereocenters. The fourth-order valence-electron chi connectivity index (χ4n) is 3.02. The summed E-state index contributed by atoms with van der Waals surface area (Å²) in [5.74, 6) is 1.65. The molecule has 1 N–H and O–H groups in total. The van der Waals surface area contributed by atoms with Crippen LogP contribution in [0.15, 0.2) is 36.7 Å². The fraction of sp³-hybridized carbons (Fsp3) is 0.400. The van der Waals surface area contributed by atoms with Crippen LogP contribution in [0.5, 0.6) is 5.88 Å². The van der Waals surface area contributed by atoms with Crippen molar-refractivity contribution in [2.75, 3.05) is 18.8 Å². The van der Waals surface area contributed by atoms with Crippen molar-refractivity contribution in [2.45, 2.75) is 17.3 Å². The third-order valence-electron chi connectivity index (χ3n) is 4.08. The summed E-state index contributed by atoms with van der Waals surface area (Å²) in [5.41, 5.74) is 0.555. The Bertz CT molecular complexity index is 655. The van der Waals surface area contributed by atoms with E-state index in [2.05, 4.69) is 15.2 Å². The van der Waals surface area contributed by atoms with E-state index < -0.39 is 0 Å². The summed E-state index contributed by atoms with van der Waals surface area (Å²) in [7, 11) is 0. The van der Waals surface area contributed by atoms with E-state index in [0.717, 1.165) is 25.3 Å². The summed E-state index contributed by atoms with van der Waals surface area (Å²) in [6.07, 6.45) is 4.47. The molecule has 0 radical (unpaired) electrons. The van der Waals surface area contributed by atoms with E-state index in [1.807, 2.05) is 34.9 Å². The van der Waals surface area contributed by atoms with E-state index in [0.29, 0.717) is 11.6 Å². The number of pyridine rings is 1.